The van der Waals surface area contributed by atoms with Crippen molar-refractivity contribution >= 4 is 45.1 Å². The lowest BCUT2D eigenvalue weighted by molar-refractivity contribution is 0.202. The Kier molecular flexibility index (Phi) is 10.1. The molecule has 4 amide bonds. The maximum atomic E-state index is 13.2. The maximum Gasteiger partial charge on any atom is 0.417 e. The van der Waals surface area contributed by atoms with E-state index in [1.54, 1.807) is 24.3 Å². The van der Waals surface area contributed by atoms with Gasteiger partial charge in [-0.25, -0.2) is 22.8 Å². The zero-order valence-corrected chi connectivity index (χ0v) is 25.9. The van der Waals surface area contributed by atoms with Crippen LogP contribution in [-0.4, -0.2) is 33.7 Å². The first-order valence-corrected chi connectivity index (χ1v) is 15.8. The summed E-state index contributed by atoms with van der Waals surface area (Å²) in [5.74, 6) is 0.0764. The van der Waals surface area contributed by atoms with Crippen LogP contribution in [0.5, 0.6) is 11.5 Å². The second-order valence-electron chi connectivity index (χ2n) is 10.1. The van der Waals surface area contributed by atoms with E-state index in [4.69, 9.17) is 9.47 Å². The van der Waals surface area contributed by atoms with Crippen molar-refractivity contribution in [2.24, 2.45) is 0 Å². The number of nitrogens with one attached hydrogen (secondary N) is 4. The van der Waals surface area contributed by atoms with Crippen LogP contribution in [0.2, 0.25) is 0 Å². The summed E-state index contributed by atoms with van der Waals surface area (Å²) >= 11 is 0. The fourth-order valence-corrected chi connectivity index (χ4v) is 5.75. The molecule has 0 aromatic heterocycles. The first-order valence-electron chi connectivity index (χ1n) is 14.3. The van der Waals surface area contributed by atoms with Crippen molar-refractivity contribution in [3.8, 4) is 11.5 Å². The number of carbonyl (C=O) groups is 3. The van der Waals surface area contributed by atoms with Gasteiger partial charge in [0, 0.05) is 24.1 Å². The van der Waals surface area contributed by atoms with Crippen LogP contribution < -0.4 is 30.7 Å². The molecule has 5 aromatic rings. The molecule has 0 saturated carbocycles. The van der Waals surface area contributed by atoms with Crippen LogP contribution in [0.3, 0.4) is 0 Å². The van der Waals surface area contributed by atoms with Gasteiger partial charge < -0.3 is 25.4 Å². The van der Waals surface area contributed by atoms with Crippen molar-refractivity contribution in [2.75, 3.05) is 23.0 Å². The molecule has 0 aliphatic rings. The Morgan fingerprint density at radius 1 is 0.553 bits per heavy atom. The van der Waals surface area contributed by atoms with Gasteiger partial charge in [-0.15, -0.1) is 0 Å². The predicted octanol–water partition coefficient (Wildman–Crippen LogP) is 7.08. The number of amides is 4. The SMILES string of the molecule is CNC(=O)Oc1cccc(S(=O)(=O)c2cccc(OC(=O)Nc3ccc(Cc4ccc(NC(=O)Nc5ccccc5)cc4)cc3)c2)c1. The van der Waals surface area contributed by atoms with E-state index < -0.39 is 22.0 Å². The minimum Gasteiger partial charge on any atom is -0.410 e. The summed E-state index contributed by atoms with van der Waals surface area (Å²) in [4.78, 5) is 36.1. The molecule has 0 aliphatic carbocycles. The van der Waals surface area contributed by atoms with Crippen LogP contribution in [0, 0.1) is 0 Å². The summed E-state index contributed by atoms with van der Waals surface area (Å²) in [6, 6.07) is 34.6. The zero-order chi connectivity index (χ0) is 33.2. The number of anilines is 3. The number of benzene rings is 5. The molecular weight excluding hydrogens is 620 g/mol. The molecule has 238 valence electrons. The third-order valence-electron chi connectivity index (χ3n) is 6.71. The number of urea groups is 1. The molecule has 5 rings (SSSR count). The Morgan fingerprint density at radius 3 is 1.53 bits per heavy atom. The molecule has 0 aliphatic heterocycles. The Bertz CT molecular complexity index is 1980. The van der Waals surface area contributed by atoms with Gasteiger partial charge in [0.1, 0.15) is 11.5 Å². The van der Waals surface area contributed by atoms with Crippen molar-refractivity contribution in [2.45, 2.75) is 16.2 Å². The largest absolute Gasteiger partial charge is 0.417 e. The number of para-hydroxylation sites is 1. The van der Waals surface area contributed by atoms with Crippen molar-refractivity contribution in [1.82, 2.24) is 5.32 Å². The average molecular weight is 651 g/mol. The number of carbonyl (C=O) groups excluding carboxylic acids is 3. The molecule has 0 spiro atoms. The Balaban J connectivity index is 1.14. The minimum absolute atomic E-state index is 0.0217. The molecule has 5 aromatic carbocycles. The van der Waals surface area contributed by atoms with Crippen LogP contribution in [0.1, 0.15) is 11.1 Å². The van der Waals surface area contributed by atoms with E-state index in [1.165, 1.54) is 55.6 Å². The summed E-state index contributed by atoms with van der Waals surface area (Å²) in [6.45, 7) is 0. The van der Waals surface area contributed by atoms with Crippen molar-refractivity contribution in [1.29, 1.82) is 0 Å². The fourth-order valence-electron chi connectivity index (χ4n) is 4.42. The molecule has 11 nitrogen and oxygen atoms in total. The maximum absolute atomic E-state index is 13.2. The molecule has 0 unspecified atom stereocenters. The first kappa shape index (κ1) is 32.3. The van der Waals surface area contributed by atoms with Crippen molar-refractivity contribution in [3.05, 3.63) is 139 Å². The highest BCUT2D eigenvalue weighted by atomic mass is 32.2. The number of hydrogen-bond donors (Lipinski definition) is 4. The third kappa shape index (κ3) is 8.96. The number of rotatable bonds is 9. The molecule has 0 radical (unpaired) electrons. The van der Waals surface area contributed by atoms with Gasteiger partial charge in [-0.3, -0.25) is 5.32 Å². The van der Waals surface area contributed by atoms with E-state index in [-0.39, 0.29) is 27.3 Å². The van der Waals surface area contributed by atoms with Crippen LogP contribution in [0.15, 0.2) is 137 Å². The van der Waals surface area contributed by atoms with Gasteiger partial charge in [0.25, 0.3) is 0 Å². The molecule has 0 fully saturated rings. The van der Waals surface area contributed by atoms with Gasteiger partial charge in [-0.2, -0.15) is 0 Å². The van der Waals surface area contributed by atoms with Crippen LogP contribution in [0.4, 0.5) is 31.4 Å². The van der Waals surface area contributed by atoms with Gasteiger partial charge in [-0.05, 0) is 90.3 Å². The highest BCUT2D eigenvalue weighted by Gasteiger charge is 2.20. The summed E-state index contributed by atoms with van der Waals surface area (Å²) in [5, 5.41) is 10.5. The fraction of sp³-hybridized carbons (Fsp3) is 0.0571. The predicted molar refractivity (Wildman–Crippen MR) is 178 cm³/mol. The van der Waals surface area contributed by atoms with Gasteiger partial charge in [-0.1, -0.05) is 54.6 Å². The van der Waals surface area contributed by atoms with Crippen LogP contribution >= 0.6 is 0 Å². The Labute approximate surface area is 271 Å². The van der Waals surface area contributed by atoms with E-state index in [1.807, 2.05) is 54.6 Å². The highest BCUT2D eigenvalue weighted by molar-refractivity contribution is 7.91. The van der Waals surface area contributed by atoms with Gasteiger partial charge in [0.2, 0.25) is 9.84 Å². The number of sulfone groups is 1. The lowest BCUT2D eigenvalue weighted by Crippen LogP contribution is -2.22. The molecule has 12 heteroatoms. The summed E-state index contributed by atoms with van der Waals surface area (Å²) in [6.07, 6.45) is -0.905. The molecule has 0 bridgehead atoms. The minimum atomic E-state index is -4.02. The van der Waals surface area contributed by atoms with E-state index in [0.717, 1.165) is 11.1 Å². The first-order chi connectivity index (χ1) is 22.7. The normalized spacial score (nSPS) is 10.7. The third-order valence-corrected chi connectivity index (χ3v) is 8.46. The number of hydrogen-bond acceptors (Lipinski definition) is 7. The van der Waals surface area contributed by atoms with Gasteiger partial charge in [0.15, 0.2) is 0 Å². The molecule has 47 heavy (non-hydrogen) atoms. The average Bonchev–Trinajstić information content (AvgIpc) is 3.07. The Morgan fingerprint density at radius 2 is 1.02 bits per heavy atom. The quantitative estimate of drug-likeness (QED) is 0.133. The smallest absolute Gasteiger partial charge is 0.410 e. The van der Waals surface area contributed by atoms with Crippen LogP contribution in [0.25, 0.3) is 0 Å². The van der Waals surface area contributed by atoms with Gasteiger partial charge in [0.05, 0.1) is 9.79 Å². The standard InChI is InChI=1S/C35H30N4O7S/c1-36-34(41)45-29-9-5-11-31(22-29)47(43,44)32-12-6-10-30(23-32)46-35(42)39-28-19-15-25(16-20-28)21-24-13-17-27(18-14-24)38-33(40)37-26-7-3-2-4-8-26/h2-20,22-23H,21H2,1H3,(H,36,41)(H,39,42)(H2,37,38,40). The molecule has 0 saturated heterocycles. The van der Waals surface area contributed by atoms with E-state index in [9.17, 15) is 22.8 Å². The van der Waals surface area contributed by atoms with Crippen molar-refractivity contribution in [3.63, 3.8) is 0 Å². The molecule has 0 atom stereocenters. The van der Waals surface area contributed by atoms with Crippen LogP contribution in [-0.2, 0) is 16.3 Å². The molecule has 4 N–H and O–H groups in total. The van der Waals surface area contributed by atoms with Gasteiger partial charge >= 0.3 is 18.2 Å². The molecular formula is C35H30N4O7S. The summed E-state index contributed by atoms with van der Waals surface area (Å²) in [5.41, 5.74) is 3.86. The monoisotopic (exact) mass is 650 g/mol. The number of ether oxygens (including phenoxy) is 2. The van der Waals surface area contributed by atoms with E-state index in [2.05, 4.69) is 21.3 Å². The second-order valence-corrected chi connectivity index (χ2v) is 12.1. The lowest BCUT2D eigenvalue weighted by Gasteiger charge is -2.10. The second kappa shape index (κ2) is 14.8. The zero-order valence-electron chi connectivity index (χ0n) is 25.1. The summed E-state index contributed by atoms with van der Waals surface area (Å²) in [7, 11) is -2.63. The van der Waals surface area contributed by atoms with E-state index >= 15 is 0 Å². The van der Waals surface area contributed by atoms with E-state index in [0.29, 0.717) is 23.5 Å². The lowest BCUT2D eigenvalue weighted by atomic mass is 10.0. The topological polar surface area (TPSA) is 152 Å². The molecule has 0 heterocycles. The Hall–Kier alpha value is -6.14. The van der Waals surface area contributed by atoms with Crippen molar-refractivity contribution < 1.29 is 32.3 Å². The highest BCUT2D eigenvalue weighted by Crippen LogP contribution is 2.27. The summed E-state index contributed by atoms with van der Waals surface area (Å²) < 4.78 is 36.8.